The molecule has 41 heavy (non-hydrogen) atoms. The minimum Gasteiger partial charge on any atom is -0.497 e. The van der Waals surface area contributed by atoms with Crippen molar-refractivity contribution >= 4 is 29.3 Å². The molecule has 0 radical (unpaired) electrons. The quantitative estimate of drug-likeness (QED) is 0.392. The number of carbonyl (C=O) groups is 2. The Morgan fingerprint density at radius 3 is 2.07 bits per heavy atom. The zero-order valence-electron chi connectivity index (χ0n) is 24.3. The summed E-state index contributed by atoms with van der Waals surface area (Å²) >= 11 is 0. The summed E-state index contributed by atoms with van der Waals surface area (Å²) in [7, 11) is 3.79. The van der Waals surface area contributed by atoms with Gasteiger partial charge in [0.1, 0.15) is 5.75 Å². The van der Waals surface area contributed by atoms with E-state index in [0.717, 1.165) is 74.7 Å². The Bertz CT molecular complexity index is 1350. The average molecular weight is 553 g/mol. The van der Waals surface area contributed by atoms with Gasteiger partial charge in [-0.2, -0.15) is 0 Å². The Morgan fingerprint density at radius 2 is 1.46 bits per heavy atom. The van der Waals surface area contributed by atoms with E-state index in [-0.39, 0.29) is 11.8 Å². The standard InChI is InChI=1S/C34H40N4O3/c1-25(24-26-4-14-32(41-3)15-5-26)33(39)35-30-10-6-27(7-11-30)28-16-18-38(19-17-28)34(40)29-8-12-31(13-9-29)37-22-20-36(2)21-23-37/h4-15,24,28H,16-23H2,1-3H3,(H,35,39)/b25-24+. The molecule has 214 valence electrons. The SMILES string of the molecule is COc1ccc(/C=C(\C)C(=O)Nc2ccc(C3CCN(C(=O)c4ccc(N5CCN(C)CC5)cc4)CC3)cc2)cc1. The summed E-state index contributed by atoms with van der Waals surface area (Å²) in [6, 6.07) is 23.8. The monoisotopic (exact) mass is 552 g/mol. The van der Waals surface area contributed by atoms with Crippen LogP contribution in [0, 0.1) is 0 Å². The van der Waals surface area contributed by atoms with E-state index in [1.165, 1.54) is 11.3 Å². The summed E-state index contributed by atoms with van der Waals surface area (Å²) in [5.41, 5.74) is 5.55. The lowest BCUT2D eigenvalue weighted by molar-refractivity contribution is -0.112. The first-order valence-corrected chi connectivity index (χ1v) is 14.5. The minimum absolute atomic E-state index is 0.115. The second-order valence-corrected chi connectivity index (χ2v) is 11.1. The van der Waals surface area contributed by atoms with Gasteiger partial charge in [-0.1, -0.05) is 24.3 Å². The molecule has 0 unspecified atom stereocenters. The maximum absolute atomic E-state index is 13.2. The zero-order valence-corrected chi connectivity index (χ0v) is 24.3. The average Bonchev–Trinajstić information content (AvgIpc) is 3.02. The third-order valence-electron chi connectivity index (χ3n) is 8.26. The molecule has 1 N–H and O–H groups in total. The molecule has 0 bridgehead atoms. The van der Waals surface area contributed by atoms with E-state index < -0.39 is 0 Å². The molecule has 0 atom stereocenters. The molecule has 0 saturated carbocycles. The van der Waals surface area contributed by atoms with Crippen LogP contribution in [-0.2, 0) is 4.79 Å². The second-order valence-electron chi connectivity index (χ2n) is 11.1. The lowest BCUT2D eigenvalue weighted by atomic mass is 9.89. The highest BCUT2D eigenvalue weighted by atomic mass is 16.5. The van der Waals surface area contributed by atoms with E-state index in [1.807, 2.05) is 66.4 Å². The molecule has 7 heteroatoms. The number of piperazine rings is 1. The highest BCUT2D eigenvalue weighted by Crippen LogP contribution is 2.30. The van der Waals surface area contributed by atoms with Gasteiger partial charge < -0.3 is 24.8 Å². The van der Waals surface area contributed by atoms with Crippen molar-refractivity contribution in [3.8, 4) is 5.75 Å². The van der Waals surface area contributed by atoms with Crippen molar-refractivity contribution in [2.45, 2.75) is 25.7 Å². The number of benzene rings is 3. The Morgan fingerprint density at radius 1 is 0.829 bits per heavy atom. The van der Waals surface area contributed by atoms with Crippen molar-refractivity contribution in [2.24, 2.45) is 0 Å². The van der Waals surface area contributed by atoms with Gasteiger partial charge in [0.05, 0.1) is 7.11 Å². The third-order valence-corrected chi connectivity index (χ3v) is 8.26. The van der Waals surface area contributed by atoms with Crippen molar-refractivity contribution in [3.63, 3.8) is 0 Å². The van der Waals surface area contributed by atoms with Crippen LogP contribution >= 0.6 is 0 Å². The van der Waals surface area contributed by atoms with Gasteiger partial charge in [0.25, 0.3) is 11.8 Å². The number of ether oxygens (including phenoxy) is 1. The first kappa shape index (κ1) is 28.4. The highest BCUT2D eigenvalue weighted by Gasteiger charge is 2.25. The fourth-order valence-electron chi connectivity index (χ4n) is 5.56. The minimum atomic E-state index is -0.128. The van der Waals surface area contributed by atoms with E-state index in [2.05, 4.69) is 46.4 Å². The van der Waals surface area contributed by atoms with Crippen LogP contribution in [0.4, 0.5) is 11.4 Å². The maximum Gasteiger partial charge on any atom is 0.253 e. The van der Waals surface area contributed by atoms with Gasteiger partial charge in [-0.05, 0) is 98.5 Å². The molecule has 3 aromatic carbocycles. The van der Waals surface area contributed by atoms with Crippen LogP contribution in [0.1, 0.15) is 47.2 Å². The van der Waals surface area contributed by atoms with E-state index in [9.17, 15) is 9.59 Å². The summed E-state index contributed by atoms with van der Waals surface area (Å²) in [6.45, 7) is 7.47. The Hall–Kier alpha value is -4.10. The molecule has 0 spiro atoms. The molecular weight excluding hydrogens is 512 g/mol. The Balaban J connectivity index is 1.11. The third kappa shape index (κ3) is 7.16. The van der Waals surface area contributed by atoms with Crippen molar-refractivity contribution in [1.29, 1.82) is 0 Å². The lowest BCUT2D eigenvalue weighted by Crippen LogP contribution is -2.44. The second kappa shape index (κ2) is 13.0. The molecule has 2 fully saturated rings. The molecule has 0 aromatic heterocycles. The van der Waals surface area contributed by atoms with Gasteiger partial charge in [0, 0.05) is 61.8 Å². The van der Waals surface area contributed by atoms with Crippen LogP contribution in [0.5, 0.6) is 5.75 Å². The number of amides is 2. The highest BCUT2D eigenvalue weighted by molar-refractivity contribution is 6.06. The normalized spacial score (nSPS) is 16.9. The van der Waals surface area contributed by atoms with E-state index in [4.69, 9.17) is 4.74 Å². The van der Waals surface area contributed by atoms with E-state index in [1.54, 1.807) is 7.11 Å². The molecule has 3 aromatic rings. The summed E-state index contributed by atoms with van der Waals surface area (Å²) < 4.78 is 5.19. The van der Waals surface area contributed by atoms with Crippen LogP contribution in [0.25, 0.3) is 6.08 Å². The van der Waals surface area contributed by atoms with Gasteiger partial charge in [-0.25, -0.2) is 0 Å². The van der Waals surface area contributed by atoms with Crippen LogP contribution < -0.4 is 15.0 Å². The predicted molar refractivity (Wildman–Crippen MR) is 166 cm³/mol. The fourth-order valence-corrected chi connectivity index (χ4v) is 5.56. The predicted octanol–water partition coefficient (Wildman–Crippen LogP) is 5.51. The molecule has 2 saturated heterocycles. The van der Waals surface area contributed by atoms with Crippen LogP contribution in [-0.4, -0.2) is 75.0 Å². The molecule has 0 aliphatic carbocycles. The van der Waals surface area contributed by atoms with E-state index in [0.29, 0.717) is 11.5 Å². The number of nitrogens with one attached hydrogen (secondary N) is 1. The molecule has 7 nitrogen and oxygen atoms in total. The smallest absolute Gasteiger partial charge is 0.253 e. The number of hydrogen-bond donors (Lipinski definition) is 1. The number of rotatable bonds is 7. The molecular formula is C34H40N4O3. The van der Waals surface area contributed by atoms with Crippen molar-refractivity contribution in [2.75, 3.05) is 63.6 Å². The summed E-state index contributed by atoms with van der Waals surface area (Å²) in [5, 5.41) is 2.99. The summed E-state index contributed by atoms with van der Waals surface area (Å²) in [6.07, 6.45) is 3.72. The first-order chi connectivity index (χ1) is 19.9. The fraction of sp³-hybridized carbons (Fsp3) is 0.353. The van der Waals surface area contributed by atoms with Gasteiger partial charge >= 0.3 is 0 Å². The maximum atomic E-state index is 13.2. The number of anilines is 2. The number of methoxy groups -OCH3 is 1. The van der Waals surface area contributed by atoms with Crippen molar-refractivity contribution in [3.05, 3.63) is 95.1 Å². The number of carbonyl (C=O) groups excluding carboxylic acids is 2. The number of nitrogens with zero attached hydrogens (tertiary/aromatic N) is 3. The molecule has 2 amide bonds. The molecule has 2 aliphatic heterocycles. The van der Waals surface area contributed by atoms with Gasteiger partial charge in [-0.15, -0.1) is 0 Å². The summed E-state index contributed by atoms with van der Waals surface area (Å²) in [5.74, 6) is 1.18. The van der Waals surface area contributed by atoms with Gasteiger partial charge in [-0.3, -0.25) is 9.59 Å². The topological polar surface area (TPSA) is 65.1 Å². The number of likely N-dealkylation sites (N-methyl/N-ethyl adjacent to an activating group) is 1. The van der Waals surface area contributed by atoms with E-state index >= 15 is 0 Å². The van der Waals surface area contributed by atoms with Crippen molar-refractivity contribution in [1.82, 2.24) is 9.80 Å². The van der Waals surface area contributed by atoms with Gasteiger partial charge in [0.2, 0.25) is 0 Å². The van der Waals surface area contributed by atoms with Crippen LogP contribution in [0.15, 0.2) is 78.4 Å². The van der Waals surface area contributed by atoms with Crippen LogP contribution in [0.3, 0.4) is 0 Å². The first-order valence-electron chi connectivity index (χ1n) is 14.5. The Labute approximate surface area is 243 Å². The van der Waals surface area contributed by atoms with Crippen LogP contribution in [0.2, 0.25) is 0 Å². The summed E-state index contributed by atoms with van der Waals surface area (Å²) in [4.78, 5) is 32.6. The Kier molecular flexibility index (Phi) is 9.04. The molecule has 2 aliphatic rings. The van der Waals surface area contributed by atoms with Crippen molar-refractivity contribution < 1.29 is 14.3 Å². The lowest BCUT2D eigenvalue weighted by Gasteiger charge is -2.34. The number of hydrogen-bond acceptors (Lipinski definition) is 5. The molecule has 5 rings (SSSR count). The number of piperidine rings is 1. The molecule has 2 heterocycles. The largest absolute Gasteiger partial charge is 0.497 e. The van der Waals surface area contributed by atoms with Gasteiger partial charge in [0.15, 0.2) is 0 Å². The zero-order chi connectivity index (χ0) is 28.8. The number of likely N-dealkylation sites (tertiary alicyclic amines) is 1.